The summed E-state index contributed by atoms with van der Waals surface area (Å²) in [6.45, 7) is 16.7. The molecule has 0 radical (unpaired) electrons. The zero-order chi connectivity index (χ0) is 73.8. The summed E-state index contributed by atoms with van der Waals surface area (Å²) >= 11 is 7.10. The zero-order valence-corrected chi connectivity index (χ0v) is 59.9. The number of hydrogen-bond acceptors (Lipinski definition) is 17. The number of aryl methyl sites for hydroxylation is 1. The van der Waals surface area contributed by atoms with E-state index in [1.165, 1.54) is 42.2 Å². The molecule has 0 aliphatic carbocycles. The summed E-state index contributed by atoms with van der Waals surface area (Å²) in [5, 5.41) is 17.6. The molecule has 5 atom stereocenters. The van der Waals surface area contributed by atoms with Gasteiger partial charge in [-0.15, -0.1) is 0 Å². The molecule has 6 heterocycles. The Morgan fingerprint density at radius 2 is 1.44 bits per heavy atom. The van der Waals surface area contributed by atoms with E-state index in [0.29, 0.717) is 55.1 Å². The Labute approximate surface area is 599 Å². The number of ether oxygens (including phenoxy) is 5. The maximum Gasteiger partial charge on any atom is 0.418 e. The number of pyridine rings is 1. The minimum absolute atomic E-state index is 0.00425. The van der Waals surface area contributed by atoms with Gasteiger partial charge >= 0.3 is 18.3 Å². The van der Waals surface area contributed by atoms with E-state index in [4.69, 9.17) is 44.8 Å². The van der Waals surface area contributed by atoms with Gasteiger partial charge in [-0.25, -0.2) is 22.9 Å². The Hall–Kier alpha value is -9.40. The summed E-state index contributed by atoms with van der Waals surface area (Å²) in [4.78, 5) is 64.6. The molecule has 2 N–H and O–H groups in total. The van der Waals surface area contributed by atoms with Gasteiger partial charge in [0.15, 0.2) is 11.6 Å². The normalized spacial score (nSPS) is 17.5. The fourth-order valence-electron chi connectivity index (χ4n) is 13.6. The number of alkyl halides is 3. The molecule has 0 bridgehead atoms. The fraction of sp³-hybridized carbons (Fsp3) is 0.434. The molecule has 3 amide bonds. The fourth-order valence-corrected chi connectivity index (χ4v) is 13.8. The van der Waals surface area contributed by atoms with Crippen LogP contribution in [-0.4, -0.2) is 155 Å². The van der Waals surface area contributed by atoms with Crippen molar-refractivity contribution in [1.29, 1.82) is 0 Å². The second-order valence-corrected chi connectivity index (χ2v) is 28.3. The number of anilines is 2. The average molecular weight is 1450 g/mol. The number of piperazine rings is 1. The molecule has 0 unspecified atom stereocenters. The lowest BCUT2D eigenvalue weighted by Crippen LogP contribution is -2.54. The van der Waals surface area contributed by atoms with Crippen molar-refractivity contribution in [3.63, 3.8) is 0 Å². The van der Waals surface area contributed by atoms with E-state index in [2.05, 4.69) is 25.3 Å². The maximum atomic E-state index is 18.2. The number of β-amino-alcohol motifs (C(OH)–C–C–N with tert-alkyl or cyclic N) is 1. The highest BCUT2D eigenvalue weighted by Gasteiger charge is 2.45. The Bertz CT molecular complexity index is 4260. The first-order valence-electron chi connectivity index (χ1n) is 34.4. The Kier molecular flexibility index (Phi) is 23.0. The molecule has 11 rings (SSSR count). The zero-order valence-electron chi connectivity index (χ0n) is 59.1. The number of carbonyl (C=O) groups excluding carboxylic acids is 3. The number of rotatable bonds is 23. The van der Waals surface area contributed by atoms with Crippen LogP contribution in [0.4, 0.5) is 42.8 Å². The molecule has 103 heavy (non-hydrogen) atoms. The van der Waals surface area contributed by atoms with Crippen molar-refractivity contribution in [2.75, 3.05) is 83.0 Å². The third-order valence-corrected chi connectivity index (χ3v) is 19.2. The van der Waals surface area contributed by atoms with Crippen molar-refractivity contribution in [2.45, 2.75) is 130 Å². The highest BCUT2D eigenvalue weighted by atomic mass is 35.5. The molecule has 548 valence electrons. The van der Waals surface area contributed by atoms with Crippen molar-refractivity contribution in [2.24, 2.45) is 11.8 Å². The first kappa shape index (κ1) is 74.8. The highest BCUT2D eigenvalue weighted by molar-refractivity contribution is 6.34. The standard InChI is InChI=1S/C76H85ClF6N10O10/c1-43(2)63(72(96)93-41-52(94)35-59(93)71(95)84-46(5)50-18-20-51(21-19-50)64-57(78)12-11-13-58(64)79)60-37-62(88-103-60)101-42-49-26-28-89(29-27-49)32-33-100-73-86-68-55(70(87-73)92-31-30-90(38-45(92)4)74(97)102-75(6,7)8)36-56(77)65(67(68)80)69-66(76(81,82)83)44(3)34-61(85-69)91(39-47-14-22-53(98-9)23-15-47)40-48-16-24-54(99-10)25-17-48/h11-25,34,36-37,43,45-46,49,52,59,63,94H,26-33,35,38-42H2,1-10H3,(H,84,95)/t45-,46-,52+,59-,63+/m0/s1. The first-order chi connectivity index (χ1) is 49.0. The lowest BCUT2D eigenvalue weighted by molar-refractivity contribution is -0.141. The molecule has 3 saturated heterocycles. The Balaban J connectivity index is 0.778. The van der Waals surface area contributed by atoms with Gasteiger partial charge in [0.05, 0.1) is 60.4 Å². The van der Waals surface area contributed by atoms with Gasteiger partial charge < -0.3 is 58.2 Å². The number of piperidine rings is 1. The molecule has 8 aromatic rings. The number of methoxy groups -OCH3 is 2. The van der Waals surface area contributed by atoms with E-state index in [9.17, 15) is 28.3 Å². The second kappa shape index (κ2) is 31.7. The van der Waals surface area contributed by atoms with Crippen LogP contribution in [0.1, 0.15) is 113 Å². The summed E-state index contributed by atoms with van der Waals surface area (Å²) < 4.78 is 129. The summed E-state index contributed by atoms with van der Waals surface area (Å²) in [6.07, 6.45) is -5.08. The predicted molar refractivity (Wildman–Crippen MR) is 377 cm³/mol. The predicted octanol–water partition coefficient (Wildman–Crippen LogP) is 14.2. The van der Waals surface area contributed by atoms with E-state index < -0.39 is 94.1 Å². The quantitative estimate of drug-likeness (QED) is 0.0570. The van der Waals surface area contributed by atoms with Gasteiger partial charge in [-0.2, -0.15) is 23.1 Å². The topological polar surface area (TPSA) is 211 Å². The van der Waals surface area contributed by atoms with Crippen LogP contribution in [0.15, 0.2) is 114 Å². The number of aromatic nitrogens is 4. The van der Waals surface area contributed by atoms with Gasteiger partial charge in [-0.1, -0.05) is 80.0 Å². The monoisotopic (exact) mass is 1450 g/mol. The number of hydrogen-bond donors (Lipinski definition) is 2. The summed E-state index contributed by atoms with van der Waals surface area (Å²) in [7, 11) is 3.09. The Morgan fingerprint density at radius 3 is 2.03 bits per heavy atom. The highest BCUT2D eigenvalue weighted by Crippen LogP contribution is 2.46. The van der Waals surface area contributed by atoms with Crippen molar-refractivity contribution in [3.8, 4) is 45.8 Å². The lowest BCUT2D eigenvalue weighted by atomic mass is 9.91. The molecular formula is C76H85ClF6N10O10. The molecule has 5 aromatic carbocycles. The van der Waals surface area contributed by atoms with Gasteiger partial charge in [0.25, 0.3) is 5.88 Å². The van der Waals surface area contributed by atoms with Gasteiger partial charge in [0.2, 0.25) is 11.8 Å². The summed E-state index contributed by atoms with van der Waals surface area (Å²) in [5.41, 5.74) is -1.52. The summed E-state index contributed by atoms with van der Waals surface area (Å²) in [6, 6.07) is 26.6. The molecule has 3 aliphatic heterocycles. The number of halogens is 7. The van der Waals surface area contributed by atoms with Crippen LogP contribution in [-0.2, 0) is 33.6 Å². The molecule has 3 aromatic heterocycles. The van der Waals surface area contributed by atoms with Crippen LogP contribution in [0.3, 0.4) is 0 Å². The second-order valence-electron chi connectivity index (χ2n) is 27.9. The molecule has 0 saturated carbocycles. The van der Waals surface area contributed by atoms with Gasteiger partial charge in [-0.3, -0.25) is 14.5 Å². The Morgan fingerprint density at radius 1 is 0.796 bits per heavy atom. The number of fused-ring (bicyclic) bond motifs is 1. The summed E-state index contributed by atoms with van der Waals surface area (Å²) in [5.74, 6) is -2.70. The molecule has 27 heteroatoms. The van der Waals surface area contributed by atoms with Crippen LogP contribution < -0.4 is 34.1 Å². The molecule has 3 fully saturated rings. The number of amides is 3. The van der Waals surface area contributed by atoms with Crippen LogP contribution in [0.5, 0.6) is 23.4 Å². The molecule has 3 aliphatic rings. The van der Waals surface area contributed by atoms with E-state index in [-0.39, 0.29) is 127 Å². The lowest BCUT2D eigenvalue weighted by Gasteiger charge is -2.41. The number of carbonyl (C=O) groups is 3. The van der Waals surface area contributed by atoms with Crippen molar-refractivity contribution in [1.82, 2.24) is 40.1 Å². The van der Waals surface area contributed by atoms with Gasteiger partial charge in [-0.05, 0) is 161 Å². The van der Waals surface area contributed by atoms with E-state index in [1.54, 1.807) is 106 Å². The van der Waals surface area contributed by atoms with Crippen LogP contribution >= 0.6 is 11.6 Å². The van der Waals surface area contributed by atoms with Gasteiger partial charge in [0.1, 0.15) is 64.5 Å². The number of likely N-dealkylation sites (tertiary alicyclic amines) is 2. The average Bonchev–Trinajstić information content (AvgIpc) is 1.31. The molecule has 20 nitrogen and oxygen atoms in total. The number of nitrogens with zero attached hydrogens (tertiary/aromatic N) is 9. The third-order valence-electron chi connectivity index (χ3n) is 19.0. The maximum absolute atomic E-state index is 18.2. The van der Waals surface area contributed by atoms with E-state index >= 15 is 17.6 Å². The third kappa shape index (κ3) is 17.5. The minimum Gasteiger partial charge on any atom is -0.497 e. The minimum atomic E-state index is -5.03. The smallest absolute Gasteiger partial charge is 0.418 e. The first-order valence-corrected chi connectivity index (χ1v) is 34.7. The molecular weight excluding hydrogens is 1360 g/mol. The van der Waals surface area contributed by atoms with E-state index in [1.807, 2.05) is 49.9 Å². The van der Waals surface area contributed by atoms with Crippen LogP contribution in [0, 0.1) is 36.2 Å². The van der Waals surface area contributed by atoms with Crippen molar-refractivity contribution >= 4 is 52.0 Å². The van der Waals surface area contributed by atoms with Gasteiger partial charge in [0, 0.05) is 69.7 Å². The van der Waals surface area contributed by atoms with Crippen LogP contribution in [0.2, 0.25) is 5.02 Å². The molecule has 0 spiro atoms. The van der Waals surface area contributed by atoms with Crippen molar-refractivity contribution in [3.05, 3.63) is 165 Å². The number of aliphatic hydroxyl groups excluding tert-OH is 1. The largest absolute Gasteiger partial charge is 0.497 e. The number of nitrogens with one attached hydrogen (secondary N) is 1. The van der Waals surface area contributed by atoms with Crippen molar-refractivity contribution < 1.29 is 74.0 Å². The number of benzene rings is 5. The number of aliphatic hydroxyl groups is 1. The SMILES string of the molecule is COc1ccc(CN(Cc2ccc(OC)cc2)c2cc(C)c(C(F)(F)F)c(-c3c(Cl)cc4c(N5CCN(C(=O)OC(C)(C)C)C[C@@H]5C)nc(OCCN5CCC(COc6cc([C@H](C(=O)N7C[C@H](O)C[C@H]7C(=O)N[C@@H](C)c7ccc(-c8c(F)cccc8F)cc7)C(C)C)on6)CC5)nc4c3F)n2)cc1. The van der Waals surface area contributed by atoms with Crippen LogP contribution in [0.25, 0.3) is 33.3 Å². The van der Waals surface area contributed by atoms with E-state index in [0.717, 1.165) is 11.1 Å².